The maximum absolute atomic E-state index is 13.0. The number of rotatable bonds is 8. The largest absolute Gasteiger partial charge is 0.322 e. The lowest BCUT2D eigenvalue weighted by Gasteiger charge is -2.19. The van der Waals surface area contributed by atoms with E-state index >= 15 is 0 Å². The lowest BCUT2D eigenvalue weighted by atomic mass is 10.1. The molecule has 0 saturated heterocycles. The quantitative estimate of drug-likeness (QED) is 0.247. The number of sulfonamides is 2. The van der Waals surface area contributed by atoms with Crippen LogP contribution in [0, 0.1) is 0 Å². The molecule has 0 atom stereocenters. The number of carbonyl (C=O) groups is 1. The van der Waals surface area contributed by atoms with E-state index in [1.165, 1.54) is 55.6 Å². The third-order valence-corrected chi connectivity index (χ3v) is 9.53. The molecule has 0 spiro atoms. The van der Waals surface area contributed by atoms with Crippen molar-refractivity contribution >= 4 is 53.8 Å². The van der Waals surface area contributed by atoms with E-state index in [1.807, 2.05) is 30.3 Å². The highest BCUT2D eigenvalue weighted by Crippen LogP contribution is 2.26. The number of fused-ring (bicyclic) bond motifs is 1. The highest BCUT2D eigenvalue weighted by Gasteiger charge is 2.21. The first-order chi connectivity index (χ1) is 19.1. The van der Waals surface area contributed by atoms with Gasteiger partial charge in [0.15, 0.2) is 0 Å². The zero-order chi connectivity index (χ0) is 28.3. The Morgan fingerprint density at radius 1 is 0.650 bits per heavy atom. The number of nitrogens with zero attached hydrogens (tertiary/aromatic N) is 1. The average molecular weight is 572 g/mol. The van der Waals surface area contributed by atoms with E-state index < -0.39 is 26.0 Å². The van der Waals surface area contributed by atoms with E-state index in [0.717, 1.165) is 15.1 Å². The summed E-state index contributed by atoms with van der Waals surface area (Å²) in [6.45, 7) is 0. The Balaban J connectivity index is 1.27. The molecule has 10 heteroatoms. The highest BCUT2D eigenvalue weighted by molar-refractivity contribution is 7.93. The standard InChI is InChI=1S/C30H25N3O5S2/c1-33(40(37,38)27-10-3-2-4-11-27)25-18-14-23(15-19-25)30(34)31-24-16-20-26(21-17-24)39(35,36)32-29-13-7-9-22-8-5-6-12-28(22)29/h2-21,32H,1H3,(H,31,34). The topological polar surface area (TPSA) is 113 Å². The molecule has 2 N–H and O–H groups in total. The van der Waals surface area contributed by atoms with Gasteiger partial charge in [-0.3, -0.25) is 13.8 Å². The highest BCUT2D eigenvalue weighted by atomic mass is 32.2. The summed E-state index contributed by atoms with van der Waals surface area (Å²) in [6, 6.07) is 32.9. The Hall–Kier alpha value is -4.67. The normalized spacial score (nSPS) is 11.6. The molecule has 0 heterocycles. The summed E-state index contributed by atoms with van der Waals surface area (Å²) < 4.78 is 55.5. The predicted octanol–water partition coefficient (Wildman–Crippen LogP) is 5.72. The van der Waals surface area contributed by atoms with Gasteiger partial charge in [-0.1, -0.05) is 54.6 Å². The molecule has 40 heavy (non-hydrogen) atoms. The Bertz CT molecular complexity index is 1890. The van der Waals surface area contributed by atoms with Crippen LogP contribution in [0.4, 0.5) is 17.1 Å². The summed E-state index contributed by atoms with van der Waals surface area (Å²) in [5, 5.41) is 4.43. The van der Waals surface area contributed by atoms with Gasteiger partial charge in [-0.05, 0) is 72.1 Å². The minimum atomic E-state index is -3.86. The van der Waals surface area contributed by atoms with Gasteiger partial charge in [-0.25, -0.2) is 16.8 Å². The third-order valence-electron chi connectivity index (χ3n) is 6.35. The summed E-state index contributed by atoms with van der Waals surface area (Å²) in [7, 11) is -6.16. The van der Waals surface area contributed by atoms with Crippen LogP contribution in [0.2, 0.25) is 0 Å². The zero-order valence-electron chi connectivity index (χ0n) is 21.4. The van der Waals surface area contributed by atoms with Gasteiger partial charge in [0.05, 0.1) is 21.2 Å². The van der Waals surface area contributed by atoms with Crippen molar-refractivity contribution in [3.05, 3.63) is 127 Å². The van der Waals surface area contributed by atoms with Crippen molar-refractivity contribution in [3.63, 3.8) is 0 Å². The van der Waals surface area contributed by atoms with Crippen LogP contribution >= 0.6 is 0 Å². The number of hydrogen-bond acceptors (Lipinski definition) is 5. The predicted molar refractivity (Wildman–Crippen MR) is 158 cm³/mol. The Kier molecular flexibility index (Phi) is 7.29. The van der Waals surface area contributed by atoms with Crippen LogP contribution in [0.25, 0.3) is 10.8 Å². The average Bonchev–Trinajstić information content (AvgIpc) is 2.97. The number of anilines is 3. The molecule has 0 saturated carbocycles. The zero-order valence-corrected chi connectivity index (χ0v) is 23.0. The molecule has 0 aromatic heterocycles. The van der Waals surface area contributed by atoms with Crippen molar-refractivity contribution in [1.82, 2.24) is 0 Å². The van der Waals surface area contributed by atoms with Crippen LogP contribution in [0.1, 0.15) is 10.4 Å². The summed E-state index contributed by atoms with van der Waals surface area (Å²) in [5.41, 5.74) is 1.58. The smallest absolute Gasteiger partial charge is 0.264 e. The van der Waals surface area contributed by atoms with Crippen molar-refractivity contribution in [2.75, 3.05) is 21.4 Å². The second-order valence-electron chi connectivity index (χ2n) is 8.94. The monoisotopic (exact) mass is 571 g/mol. The molecular formula is C30H25N3O5S2. The maximum atomic E-state index is 13.0. The fraction of sp³-hybridized carbons (Fsp3) is 0.0333. The van der Waals surface area contributed by atoms with E-state index in [1.54, 1.807) is 42.5 Å². The van der Waals surface area contributed by atoms with E-state index in [0.29, 0.717) is 22.6 Å². The molecule has 0 aliphatic carbocycles. The van der Waals surface area contributed by atoms with Crippen molar-refractivity contribution in [1.29, 1.82) is 0 Å². The van der Waals surface area contributed by atoms with Gasteiger partial charge in [0.2, 0.25) is 0 Å². The van der Waals surface area contributed by atoms with Crippen LogP contribution in [-0.4, -0.2) is 29.8 Å². The van der Waals surface area contributed by atoms with E-state index in [2.05, 4.69) is 10.0 Å². The molecule has 8 nitrogen and oxygen atoms in total. The number of carbonyl (C=O) groups excluding carboxylic acids is 1. The molecule has 5 aromatic rings. The van der Waals surface area contributed by atoms with Crippen molar-refractivity contribution in [2.24, 2.45) is 0 Å². The number of hydrogen-bond donors (Lipinski definition) is 2. The molecule has 0 fully saturated rings. The first-order valence-corrected chi connectivity index (χ1v) is 15.1. The SMILES string of the molecule is CN(c1ccc(C(=O)Nc2ccc(S(=O)(=O)Nc3cccc4ccccc34)cc2)cc1)S(=O)(=O)c1ccccc1. The Labute approximate surface area is 233 Å². The fourth-order valence-corrected chi connectivity index (χ4v) is 6.45. The number of benzene rings is 5. The summed E-state index contributed by atoms with van der Waals surface area (Å²) in [6.07, 6.45) is 0. The van der Waals surface area contributed by atoms with E-state index in [-0.39, 0.29) is 9.79 Å². The van der Waals surface area contributed by atoms with Gasteiger partial charge < -0.3 is 5.32 Å². The first kappa shape index (κ1) is 26.9. The minimum Gasteiger partial charge on any atom is -0.322 e. The minimum absolute atomic E-state index is 0.0467. The van der Waals surface area contributed by atoms with Gasteiger partial charge in [0, 0.05) is 23.7 Å². The Morgan fingerprint density at radius 2 is 1.27 bits per heavy atom. The molecule has 202 valence electrons. The lowest BCUT2D eigenvalue weighted by molar-refractivity contribution is 0.102. The lowest BCUT2D eigenvalue weighted by Crippen LogP contribution is -2.26. The van der Waals surface area contributed by atoms with Gasteiger partial charge in [0.1, 0.15) is 0 Å². The summed E-state index contributed by atoms with van der Waals surface area (Å²) >= 11 is 0. The number of amides is 1. The Morgan fingerprint density at radius 3 is 1.98 bits per heavy atom. The van der Waals surface area contributed by atoms with Crippen LogP contribution in [0.3, 0.4) is 0 Å². The molecule has 0 aliphatic rings. The molecule has 5 aromatic carbocycles. The third kappa shape index (κ3) is 5.54. The molecule has 0 radical (unpaired) electrons. The molecular weight excluding hydrogens is 546 g/mol. The van der Waals surface area contributed by atoms with Gasteiger partial charge in [0.25, 0.3) is 26.0 Å². The number of nitrogens with one attached hydrogen (secondary N) is 2. The summed E-state index contributed by atoms with van der Waals surface area (Å²) in [5.74, 6) is -0.426. The van der Waals surface area contributed by atoms with Gasteiger partial charge in [-0.15, -0.1) is 0 Å². The molecule has 0 aliphatic heterocycles. The van der Waals surface area contributed by atoms with Crippen molar-refractivity contribution in [2.45, 2.75) is 9.79 Å². The van der Waals surface area contributed by atoms with Crippen LogP contribution in [0.5, 0.6) is 0 Å². The summed E-state index contributed by atoms with van der Waals surface area (Å²) in [4.78, 5) is 13.0. The first-order valence-electron chi connectivity index (χ1n) is 12.2. The van der Waals surface area contributed by atoms with Crippen LogP contribution < -0.4 is 14.3 Å². The second-order valence-corrected chi connectivity index (χ2v) is 12.6. The molecule has 0 bridgehead atoms. The molecule has 5 rings (SSSR count). The van der Waals surface area contributed by atoms with Crippen molar-refractivity contribution in [3.8, 4) is 0 Å². The van der Waals surface area contributed by atoms with Gasteiger partial charge in [-0.2, -0.15) is 0 Å². The van der Waals surface area contributed by atoms with Crippen LogP contribution in [-0.2, 0) is 20.0 Å². The van der Waals surface area contributed by atoms with Crippen molar-refractivity contribution < 1.29 is 21.6 Å². The fourth-order valence-electron chi connectivity index (χ4n) is 4.15. The van der Waals surface area contributed by atoms with E-state index in [9.17, 15) is 21.6 Å². The second kappa shape index (κ2) is 10.8. The maximum Gasteiger partial charge on any atom is 0.264 e. The molecule has 1 amide bonds. The van der Waals surface area contributed by atoms with Gasteiger partial charge >= 0.3 is 0 Å². The molecule has 0 unspecified atom stereocenters. The van der Waals surface area contributed by atoms with Crippen LogP contribution in [0.15, 0.2) is 131 Å². The van der Waals surface area contributed by atoms with E-state index in [4.69, 9.17) is 0 Å².